The Balaban J connectivity index is 1.57. The van der Waals surface area contributed by atoms with Crippen LogP contribution in [-0.2, 0) is 4.79 Å². The van der Waals surface area contributed by atoms with Gasteiger partial charge in [0.25, 0.3) is 17.7 Å². The van der Waals surface area contributed by atoms with Gasteiger partial charge in [-0.05, 0) is 41.5 Å². The predicted octanol–water partition coefficient (Wildman–Crippen LogP) is 2.89. The molecule has 0 saturated carbocycles. The van der Waals surface area contributed by atoms with E-state index in [2.05, 4.69) is 15.6 Å². The number of nitrogens with zero attached hydrogens (tertiary/aromatic N) is 3. The lowest BCUT2D eigenvalue weighted by Crippen LogP contribution is -2.43. The van der Waals surface area contributed by atoms with Crippen molar-refractivity contribution >= 4 is 28.6 Å². The van der Waals surface area contributed by atoms with Crippen molar-refractivity contribution in [1.29, 1.82) is 5.26 Å². The fourth-order valence-electron chi connectivity index (χ4n) is 4.08. The molecule has 3 aromatic rings. The van der Waals surface area contributed by atoms with Gasteiger partial charge in [0, 0.05) is 25.1 Å². The first kappa shape index (κ1) is 24.7. The topological polar surface area (TPSA) is 115 Å². The predicted molar refractivity (Wildman–Crippen MR) is 124 cm³/mol. The molecule has 1 atom stereocenters. The molecule has 2 aromatic carbocycles. The molecule has 0 aliphatic carbocycles. The van der Waals surface area contributed by atoms with Crippen LogP contribution < -0.4 is 10.6 Å². The lowest BCUT2D eigenvalue weighted by Gasteiger charge is -2.19. The number of likely N-dealkylation sites (tertiary alicyclic amines) is 1. The van der Waals surface area contributed by atoms with Gasteiger partial charge < -0.3 is 15.5 Å². The summed E-state index contributed by atoms with van der Waals surface area (Å²) < 4.78 is 41.7. The number of carbonyl (C=O) groups is 3. The monoisotopic (exact) mass is 495 g/mol. The maximum Gasteiger partial charge on any atom is 0.268 e. The average molecular weight is 495 g/mol. The van der Waals surface area contributed by atoms with Gasteiger partial charge in [0.15, 0.2) is 0 Å². The van der Waals surface area contributed by atoms with Gasteiger partial charge >= 0.3 is 0 Å². The van der Waals surface area contributed by atoms with Crippen LogP contribution in [0.1, 0.15) is 27.1 Å². The van der Waals surface area contributed by atoms with Gasteiger partial charge in [0.05, 0.1) is 35.8 Å². The first-order valence-electron chi connectivity index (χ1n) is 10.9. The highest BCUT2D eigenvalue weighted by molar-refractivity contribution is 6.07. The summed E-state index contributed by atoms with van der Waals surface area (Å²) >= 11 is 0. The first-order valence-corrected chi connectivity index (χ1v) is 10.9. The van der Waals surface area contributed by atoms with Crippen LogP contribution in [0.15, 0.2) is 48.7 Å². The van der Waals surface area contributed by atoms with E-state index in [1.807, 2.05) is 0 Å². The number of nitriles is 1. The minimum absolute atomic E-state index is 0.108. The van der Waals surface area contributed by atoms with E-state index in [-0.39, 0.29) is 11.1 Å². The van der Waals surface area contributed by atoms with E-state index in [4.69, 9.17) is 5.26 Å². The van der Waals surface area contributed by atoms with Crippen LogP contribution in [-0.4, -0.2) is 59.7 Å². The summed E-state index contributed by atoms with van der Waals surface area (Å²) in [7, 11) is 1.40. The average Bonchev–Trinajstić information content (AvgIpc) is 3.20. The number of hydrogen-bond acceptors (Lipinski definition) is 5. The minimum atomic E-state index is -3.16. The van der Waals surface area contributed by atoms with E-state index >= 15 is 0 Å². The summed E-state index contributed by atoms with van der Waals surface area (Å²) in [5.74, 6) is -5.87. The van der Waals surface area contributed by atoms with Crippen molar-refractivity contribution in [1.82, 2.24) is 20.5 Å². The fourth-order valence-corrected chi connectivity index (χ4v) is 4.08. The Kier molecular flexibility index (Phi) is 6.61. The summed E-state index contributed by atoms with van der Waals surface area (Å²) in [4.78, 5) is 42.0. The maximum atomic E-state index is 14.5. The molecular weight excluding hydrogens is 475 g/mol. The van der Waals surface area contributed by atoms with E-state index in [9.17, 15) is 27.6 Å². The van der Waals surface area contributed by atoms with Gasteiger partial charge in [-0.25, -0.2) is 13.2 Å². The third-order valence-electron chi connectivity index (χ3n) is 5.90. The van der Waals surface area contributed by atoms with Gasteiger partial charge in [0.1, 0.15) is 11.9 Å². The molecule has 184 valence electrons. The lowest BCUT2D eigenvalue weighted by molar-refractivity contribution is -0.131. The summed E-state index contributed by atoms with van der Waals surface area (Å²) in [6.45, 7) is -1.44. The Labute approximate surface area is 203 Å². The number of aromatic nitrogens is 1. The Morgan fingerprint density at radius 3 is 2.53 bits per heavy atom. The molecule has 36 heavy (non-hydrogen) atoms. The van der Waals surface area contributed by atoms with Crippen molar-refractivity contribution in [3.63, 3.8) is 0 Å². The van der Waals surface area contributed by atoms with Gasteiger partial charge in [-0.15, -0.1) is 0 Å². The van der Waals surface area contributed by atoms with Crippen molar-refractivity contribution in [3.05, 3.63) is 65.6 Å². The van der Waals surface area contributed by atoms with Crippen molar-refractivity contribution < 1.29 is 27.6 Å². The summed E-state index contributed by atoms with van der Waals surface area (Å²) in [6.07, 6.45) is 0.662. The number of amides is 3. The zero-order chi connectivity index (χ0) is 26.0. The lowest BCUT2D eigenvalue weighted by atomic mass is 9.99. The molecule has 0 radical (unpaired) electrons. The number of nitrogens with one attached hydrogen (secondary N) is 2. The standard InChI is InChI=1S/C25H20F3N5O3/c1-30-23(35)18-4-2-15(9-20(18)26)14-3-5-21-19(8-14)17(6-7-31-21)24(36)32-12-22(34)33-13-25(27,28)10-16(33)11-29/h2-9,16H,10,12-13H2,1H3,(H,30,35)(H,32,36). The molecule has 4 rings (SSSR count). The summed E-state index contributed by atoms with van der Waals surface area (Å²) in [6, 6.07) is 10.9. The molecule has 1 unspecified atom stereocenters. The van der Waals surface area contributed by atoms with Crippen LogP contribution >= 0.6 is 0 Å². The second kappa shape index (κ2) is 9.65. The van der Waals surface area contributed by atoms with Crippen LogP contribution in [0.4, 0.5) is 13.2 Å². The number of benzene rings is 2. The Morgan fingerprint density at radius 1 is 1.11 bits per heavy atom. The zero-order valence-electron chi connectivity index (χ0n) is 19.0. The smallest absolute Gasteiger partial charge is 0.268 e. The number of carbonyl (C=O) groups excluding carboxylic acids is 3. The Hall–Kier alpha value is -4.46. The van der Waals surface area contributed by atoms with Gasteiger partial charge in [0.2, 0.25) is 5.91 Å². The third kappa shape index (κ3) is 4.84. The zero-order valence-corrected chi connectivity index (χ0v) is 19.0. The highest BCUT2D eigenvalue weighted by Gasteiger charge is 2.47. The Bertz CT molecular complexity index is 1420. The van der Waals surface area contributed by atoms with E-state index in [0.717, 1.165) is 4.90 Å². The van der Waals surface area contributed by atoms with Crippen LogP contribution in [0.2, 0.25) is 0 Å². The van der Waals surface area contributed by atoms with E-state index in [1.54, 1.807) is 30.3 Å². The highest BCUT2D eigenvalue weighted by atomic mass is 19.3. The molecule has 1 aliphatic heterocycles. The molecule has 3 amide bonds. The fraction of sp³-hybridized carbons (Fsp3) is 0.240. The number of alkyl halides is 2. The summed E-state index contributed by atoms with van der Waals surface area (Å²) in [5, 5.41) is 14.3. The third-order valence-corrected chi connectivity index (χ3v) is 5.90. The molecule has 1 aliphatic rings. The maximum absolute atomic E-state index is 14.5. The molecule has 11 heteroatoms. The molecule has 8 nitrogen and oxygen atoms in total. The molecule has 1 aromatic heterocycles. The van der Waals surface area contributed by atoms with Crippen molar-refractivity contribution in [3.8, 4) is 17.2 Å². The van der Waals surface area contributed by atoms with E-state index in [1.165, 1.54) is 31.4 Å². The van der Waals surface area contributed by atoms with Crippen molar-refractivity contribution in [2.24, 2.45) is 0 Å². The first-order chi connectivity index (χ1) is 17.1. The number of halogens is 3. The quantitative estimate of drug-likeness (QED) is 0.565. The largest absolute Gasteiger partial charge is 0.355 e. The van der Waals surface area contributed by atoms with E-state index in [0.29, 0.717) is 22.0 Å². The molecule has 0 spiro atoms. The molecule has 2 heterocycles. The molecule has 0 bridgehead atoms. The number of hydrogen-bond donors (Lipinski definition) is 2. The second-order valence-corrected chi connectivity index (χ2v) is 8.27. The SMILES string of the molecule is CNC(=O)c1ccc(-c2ccc3nccc(C(=O)NCC(=O)N4CC(F)(F)CC4C#N)c3c2)cc1F. The van der Waals surface area contributed by atoms with Gasteiger partial charge in [-0.3, -0.25) is 19.4 Å². The highest BCUT2D eigenvalue weighted by Crippen LogP contribution is 2.32. The van der Waals surface area contributed by atoms with Crippen molar-refractivity contribution in [2.45, 2.75) is 18.4 Å². The number of rotatable bonds is 5. The normalized spacial score (nSPS) is 16.4. The van der Waals surface area contributed by atoms with Crippen LogP contribution in [0.5, 0.6) is 0 Å². The molecule has 2 N–H and O–H groups in total. The van der Waals surface area contributed by atoms with Crippen LogP contribution in [0.3, 0.4) is 0 Å². The van der Waals surface area contributed by atoms with Crippen LogP contribution in [0.25, 0.3) is 22.0 Å². The van der Waals surface area contributed by atoms with Gasteiger partial charge in [-0.2, -0.15) is 5.26 Å². The second-order valence-electron chi connectivity index (χ2n) is 8.27. The Morgan fingerprint density at radius 2 is 1.83 bits per heavy atom. The minimum Gasteiger partial charge on any atom is -0.355 e. The summed E-state index contributed by atoms with van der Waals surface area (Å²) in [5.41, 5.74) is 1.54. The molecule has 1 saturated heterocycles. The van der Waals surface area contributed by atoms with E-state index < -0.39 is 55.0 Å². The molecular formula is C25H20F3N5O3. The molecule has 1 fully saturated rings. The van der Waals surface area contributed by atoms with Crippen LogP contribution in [0, 0.1) is 17.1 Å². The number of pyridine rings is 1. The van der Waals surface area contributed by atoms with Crippen molar-refractivity contribution in [2.75, 3.05) is 20.1 Å². The number of fused-ring (bicyclic) bond motifs is 1. The van der Waals surface area contributed by atoms with Gasteiger partial charge in [-0.1, -0.05) is 12.1 Å².